The monoisotopic (exact) mass is 364 g/mol. The van der Waals surface area contributed by atoms with Crippen LogP contribution in [0.2, 0.25) is 0 Å². The number of benzene rings is 1. The summed E-state index contributed by atoms with van der Waals surface area (Å²) in [7, 11) is 1.64. The largest absolute Gasteiger partial charge is 0.497 e. The quantitative estimate of drug-likeness (QED) is 0.445. The van der Waals surface area contributed by atoms with E-state index in [9.17, 15) is 0 Å². The number of hydrogen-bond donors (Lipinski definition) is 1. The number of methoxy groups -OCH3 is 1. The first-order valence-corrected chi connectivity index (χ1v) is 8.38. The summed E-state index contributed by atoms with van der Waals surface area (Å²) in [5.74, 6) is 1.40. The average Bonchev–Trinajstić information content (AvgIpc) is 3.18. The SMILES string of the molecule is COc1ccc(/C=N/n2c(-c3c(C)nc4ccccn34)n[nH]c2=S)cc1. The summed E-state index contributed by atoms with van der Waals surface area (Å²) in [6, 6.07) is 13.4. The van der Waals surface area contributed by atoms with Crippen LogP contribution in [0.1, 0.15) is 11.3 Å². The number of fused-ring (bicyclic) bond motifs is 1. The maximum atomic E-state index is 5.35. The molecular formula is C18H16N6OS. The van der Waals surface area contributed by atoms with Gasteiger partial charge in [-0.25, -0.2) is 10.1 Å². The van der Waals surface area contributed by atoms with Gasteiger partial charge in [-0.05, 0) is 61.1 Å². The predicted octanol–water partition coefficient (Wildman–Crippen LogP) is 3.45. The molecule has 1 aromatic carbocycles. The normalized spacial score (nSPS) is 11.5. The van der Waals surface area contributed by atoms with E-state index < -0.39 is 0 Å². The second-order valence-electron chi connectivity index (χ2n) is 5.66. The fourth-order valence-electron chi connectivity index (χ4n) is 2.75. The Balaban J connectivity index is 1.79. The molecule has 0 bridgehead atoms. The number of aromatic nitrogens is 5. The Labute approximate surface area is 154 Å². The third-order valence-corrected chi connectivity index (χ3v) is 4.27. The molecule has 0 fully saturated rings. The van der Waals surface area contributed by atoms with E-state index in [1.54, 1.807) is 18.0 Å². The molecular weight excluding hydrogens is 348 g/mol. The smallest absolute Gasteiger partial charge is 0.216 e. The zero-order valence-corrected chi connectivity index (χ0v) is 15.1. The van der Waals surface area contributed by atoms with Crippen LogP contribution in [-0.2, 0) is 0 Å². The van der Waals surface area contributed by atoms with Crippen molar-refractivity contribution in [3.05, 3.63) is 64.7 Å². The first-order chi connectivity index (χ1) is 12.7. The highest BCUT2D eigenvalue weighted by Gasteiger charge is 2.17. The van der Waals surface area contributed by atoms with E-state index in [-0.39, 0.29) is 0 Å². The molecule has 130 valence electrons. The van der Waals surface area contributed by atoms with Crippen molar-refractivity contribution in [1.82, 2.24) is 24.3 Å². The van der Waals surface area contributed by atoms with Gasteiger partial charge in [0.1, 0.15) is 17.1 Å². The molecule has 8 heteroatoms. The lowest BCUT2D eigenvalue weighted by atomic mass is 10.2. The van der Waals surface area contributed by atoms with E-state index in [1.807, 2.05) is 60.0 Å². The van der Waals surface area contributed by atoms with Crippen molar-refractivity contribution < 1.29 is 4.74 Å². The number of H-pyrrole nitrogens is 1. The molecule has 0 spiro atoms. The van der Waals surface area contributed by atoms with Gasteiger partial charge in [-0.1, -0.05) is 6.07 Å². The number of nitrogens with zero attached hydrogens (tertiary/aromatic N) is 5. The molecule has 0 unspecified atom stereocenters. The molecule has 4 aromatic rings. The highest BCUT2D eigenvalue weighted by atomic mass is 32.1. The molecule has 3 heterocycles. The minimum Gasteiger partial charge on any atom is -0.497 e. The molecule has 26 heavy (non-hydrogen) atoms. The number of aromatic amines is 1. The molecule has 0 aliphatic heterocycles. The van der Waals surface area contributed by atoms with Crippen molar-refractivity contribution in [2.24, 2.45) is 5.10 Å². The van der Waals surface area contributed by atoms with Crippen molar-refractivity contribution in [3.63, 3.8) is 0 Å². The van der Waals surface area contributed by atoms with E-state index in [2.05, 4.69) is 20.3 Å². The fourth-order valence-corrected chi connectivity index (χ4v) is 2.93. The van der Waals surface area contributed by atoms with Crippen LogP contribution in [-0.4, -0.2) is 37.6 Å². The van der Waals surface area contributed by atoms with Crippen LogP contribution in [0.15, 0.2) is 53.8 Å². The zero-order valence-electron chi connectivity index (χ0n) is 14.2. The maximum absolute atomic E-state index is 5.35. The van der Waals surface area contributed by atoms with Crippen molar-refractivity contribution in [3.8, 4) is 17.3 Å². The lowest BCUT2D eigenvalue weighted by Crippen LogP contribution is -1.99. The van der Waals surface area contributed by atoms with Gasteiger partial charge in [0.15, 0.2) is 0 Å². The highest BCUT2D eigenvalue weighted by molar-refractivity contribution is 7.71. The summed E-state index contributed by atoms with van der Waals surface area (Å²) < 4.78 is 9.15. The van der Waals surface area contributed by atoms with Crippen molar-refractivity contribution in [1.29, 1.82) is 0 Å². The number of nitrogens with one attached hydrogen (secondary N) is 1. The van der Waals surface area contributed by atoms with Gasteiger partial charge in [0, 0.05) is 6.20 Å². The van der Waals surface area contributed by atoms with Gasteiger partial charge in [0.05, 0.1) is 19.0 Å². The lowest BCUT2D eigenvalue weighted by Gasteiger charge is -2.03. The predicted molar refractivity (Wildman–Crippen MR) is 102 cm³/mol. The van der Waals surface area contributed by atoms with E-state index >= 15 is 0 Å². The number of imidazole rings is 1. The first-order valence-electron chi connectivity index (χ1n) is 7.97. The van der Waals surface area contributed by atoms with Gasteiger partial charge in [-0.2, -0.15) is 14.9 Å². The van der Waals surface area contributed by atoms with E-state index in [0.717, 1.165) is 28.3 Å². The Bertz CT molecular complexity index is 1150. The van der Waals surface area contributed by atoms with E-state index in [4.69, 9.17) is 17.0 Å². The highest BCUT2D eigenvalue weighted by Crippen LogP contribution is 2.23. The molecule has 3 aromatic heterocycles. The summed E-state index contributed by atoms with van der Waals surface area (Å²) in [4.78, 5) is 4.57. The third kappa shape index (κ3) is 2.80. The molecule has 4 rings (SSSR count). The molecule has 0 saturated heterocycles. The number of hydrogen-bond acceptors (Lipinski definition) is 5. The summed E-state index contributed by atoms with van der Waals surface area (Å²) in [6.45, 7) is 1.94. The van der Waals surface area contributed by atoms with Crippen molar-refractivity contribution in [2.45, 2.75) is 6.92 Å². The molecule has 7 nitrogen and oxygen atoms in total. The Morgan fingerprint density at radius 1 is 1.19 bits per heavy atom. The van der Waals surface area contributed by atoms with Gasteiger partial charge in [0.2, 0.25) is 10.6 Å². The van der Waals surface area contributed by atoms with Crippen LogP contribution >= 0.6 is 12.2 Å². The Kier molecular flexibility index (Phi) is 4.10. The molecule has 0 amide bonds. The van der Waals surface area contributed by atoms with Gasteiger partial charge >= 0.3 is 0 Å². The van der Waals surface area contributed by atoms with Crippen LogP contribution in [0.25, 0.3) is 17.2 Å². The maximum Gasteiger partial charge on any atom is 0.216 e. The number of ether oxygens (including phenoxy) is 1. The molecule has 0 radical (unpaired) electrons. The van der Waals surface area contributed by atoms with Gasteiger partial charge in [0.25, 0.3) is 0 Å². The Hall–Kier alpha value is -3.26. The Morgan fingerprint density at radius 2 is 2.00 bits per heavy atom. The van der Waals surface area contributed by atoms with Crippen molar-refractivity contribution in [2.75, 3.05) is 7.11 Å². The molecule has 1 N–H and O–H groups in total. The van der Waals surface area contributed by atoms with Gasteiger partial charge in [-0.15, -0.1) is 0 Å². The lowest BCUT2D eigenvalue weighted by molar-refractivity contribution is 0.415. The third-order valence-electron chi connectivity index (χ3n) is 4.00. The number of aryl methyl sites for hydroxylation is 1. The van der Waals surface area contributed by atoms with Crippen LogP contribution < -0.4 is 4.74 Å². The van der Waals surface area contributed by atoms with Crippen molar-refractivity contribution >= 4 is 24.1 Å². The summed E-state index contributed by atoms with van der Waals surface area (Å²) in [6.07, 6.45) is 3.67. The van der Waals surface area contributed by atoms with Crippen LogP contribution in [0, 0.1) is 11.7 Å². The summed E-state index contributed by atoms with van der Waals surface area (Å²) >= 11 is 5.35. The van der Waals surface area contributed by atoms with E-state index in [1.165, 1.54) is 0 Å². The average molecular weight is 364 g/mol. The van der Waals surface area contributed by atoms with Gasteiger partial charge < -0.3 is 4.74 Å². The molecule has 0 aliphatic rings. The first kappa shape index (κ1) is 16.2. The minimum absolute atomic E-state index is 0.412. The van der Waals surface area contributed by atoms with Crippen LogP contribution in [0.4, 0.5) is 0 Å². The minimum atomic E-state index is 0.412. The van der Waals surface area contributed by atoms with Gasteiger partial charge in [-0.3, -0.25) is 4.40 Å². The number of pyridine rings is 1. The van der Waals surface area contributed by atoms with E-state index in [0.29, 0.717) is 10.6 Å². The topological polar surface area (TPSA) is 72.5 Å². The Morgan fingerprint density at radius 3 is 2.77 bits per heavy atom. The second-order valence-corrected chi connectivity index (χ2v) is 6.04. The summed E-state index contributed by atoms with van der Waals surface area (Å²) in [5.41, 5.74) is 3.47. The molecule has 0 atom stereocenters. The van der Waals surface area contributed by atoms with Crippen LogP contribution in [0.5, 0.6) is 5.75 Å². The summed E-state index contributed by atoms with van der Waals surface area (Å²) in [5, 5.41) is 11.7. The second kappa shape index (κ2) is 6.57. The van der Waals surface area contributed by atoms with Crippen LogP contribution in [0.3, 0.4) is 0 Å². The molecule has 0 aliphatic carbocycles. The standard InChI is InChI=1S/C18H16N6OS/c1-12-16(23-10-4-3-5-15(23)20-12)17-21-22-18(26)24(17)19-11-13-6-8-14(25-2)9-7-13/h3-11H,1-2H3,(H,22,26)/b19-11+. The number of rotatable bonds is 4. The zero-order chi connectivity index (χ0) is 18.1. The fraction of sp³-hybridized carbons (Fsp3) is 0.111. The molecule has 0 saturated carbocycles.